The average molecular weight is 412 g/mol. The average Bonchev–Trinajstić information content (AvgIpc) is 2.63. The molecule has 0 radical (unpaired) electrons. The van der Waals surface area contributed by atoms with Gasteiger partial charge in [-0.1, -0.05) is 29.8 Å². The van der Waals surface area contributed by atoms with Crippen molar-refractivity contribution in [1.82, 2.24) is 4.90 Å². The number of aryl methyl sites for hydroxylation is 1. The molecule has 28 heavy (non-hydrogen) atoms. The molecule has 4 nitrogen and oxygen atoms in total. The topological polar surface area (TPSA) is 35.6 Å². The first-order chi connectivity index (χ1) is 13.2. The highest BCUT2D eigenvalue weighted by Crippen LogP contribution is 2.36. The van der Waals surface area contributed by atoms with Crippen LogP contribution in [0.5, 0.6) is 0 Å². The number of amides is 1. The van der Waals surface area contributed by atoms with Gasteiger partial charge in [0.1, 0.15) is 0 Å². The lowest BCUT2D eigenvalue weighted by atomic mass is 10.1. The molecule has 0 unspecified atom stereocenters. The lowest BCUT2D eigenvalue weighted by Crippen LogP contribution is -2.48. The molecule has 1 saturated heterocycles. The van der Waals surface area contributed by atoms with Gasteiger partial charge in [0, 0.05) is 36.9 Å². The smallest absolute Gasteiger partial charge is 0.369 e. The standard InChI is InChI=1S/C20H21ClF3N3O/c1-14-4-2-3-5-18(14)27-10-8-26(9-11-27)13-19(28)25-17-7-6-15(21)12-16(17)20(22,23)24/h2-7,12H,8-11,13H2,1H3,(H,25,28). The van der Waals surface area contributed by atoms with E-state index in [-0.39, 0.29) is 17.3 Å². The first-order valence-corrected chi connectivity index (χ1v) is 9.31. The molecule has 3 rings (SSSR count). The van der Waals surface area contributed by atoms with E-state index in [0.29, 0.717) is 13.1 Å². The van der Waals surface area contributed by atoms with Gasteiger partial charge in [0.25, 0.3) is 0 Å². The van der Waals surface area contributed by atoms with Gasteiger partial charge in [-0.2, -0.15) is 13.2 Å². The molecule has 2 aromatic carbocycles. The van der Waals surface area contributed by atoms with Crippen LogP contribution in [0.4, 0.5) is 24.5 Å². The Hall–Kier alpha value is -2.25. The number of hydrogen-bond donors (Lipinski definition) is 1. The first-order valence-electron chi connectivity index (χ1n) is 8.93. The molecule has 0 atom stereocenters. The Morgan fingerprint density at radius 3 is 2.43 bits per heavy atom. The van der Waals surface area contributed by atoms with Gasteiger partial charge in [-0.05, 0) is 36.8 Å². The van der Waals surface area contributed by atoms with Crippen LogP contribution in [0.25, 0.3) is 0 Å². The third-order valence-electron chi connectivity index (χ3n) is 4.76. The van der Waals surface area contributed by atoms with Crippen LogP contribution in [0.15, 0.2) is 42.5 Å². The third-order valence-corrected chi connectivity index (χ3v) is 4.99. The quantitative estimate of drug-likeness (QED) is 0.808. The van der Waals surface area contributed by atoms with Gasteiger partial charge in [0.05, 0.1) is 17.8 Å². The van der Waals surface area contributed by atoms with Crippen LogP contribution in [-0.2, 0) is 11.0 Å². The van der Waals surface area contributed by atoms with Gasteiger partial charge in [0.15, 0.2) is 0 Å². The van der Waals surface area contributed by atoms with Gasteiger partial charge in [-0.3, -0.25) is 9.69 Å². The highest BCUT2D eigenvalue weighted by atomic mass is 35.5. The predicted octanol–water partition coefficient (Wildman–Crippen LogP) is 4.43. The second kappa shape index (κ2) is 8.41. The maximum Gasteiger partial charge on any atom is 0.418 e. The molecule has 2 aromatic rings. The van der Waals surface area contributed by atoms with Crippen molar-refractivity contribution < 1.29 is 18.0 Å². The number of nitrogens with zero attached hydrogens (tertiary/aromatic N) is 2. The van der Waals surface area contributed by atoms with Crippen molar-refractivity contribution in [2.75, 3.05) is 42.9 Å². The summed E-state index contributed by atoms with van der Waals surface area (Å²) in [5.74, 6) is -0.475. The fourth-order valence-electron chi connectivity index (χ4n) is 3.32. The fourth-order valence-corrected chi connectivity index (χ4v) is 3.49. The van der Waals surface area contributed by atoms with Crippen LogP contribution in [0.1, 0.15) is 11.1 Å². The maximum absolute atomic E-state index is 13.1. The van der Waals surface area contributed by atoms with Gasteiger partial charge in [-0.15, -0.1) is 0 Å². The molecule has 0 saturated carbocycles. The predicted molar refractivity (Wildman–Crippen MR) is 105 cm³/mol. The zero-order valence-electron chi connectivity index (χ0n) is 15.4. The van der Waals surface area contributed by atoms with E-state index in [0.717, 1.165) is 19.2 Å². The van der Waals surface area contributed by atoms with Crippen LogP contribution in [0.3, 0.4) is 0 Å². The van der Waals surface area contributed by atoms with E-state index in [1.807, 2.05) is 17.0 Å². The van der Waals surface area contributed by atoms with Crippen molar-refractivity contribution >= 4 is 28.9 Å². The summed E-state index contributed by atoms with van der Waals surface area (Å²) < 4.78 is 39.4. The number of hydrogen-bond acceptors (Lipinski definition) is 3. The van der Waals surface area contributed by atoms with Crippen LogP contribution in [0, 0.1) is 6.92 Å². The largest absolute Gasteiger partial charge is 0.418 e. The zero-order valence-corrected chi connectivity index (χ0v) is 16.1. The van der Waals surface area contributed by atoms with Gasteiger partial charge in [0.2, 0.25) is 5.91 Å². The van der Waals surface area contributed by atoms with E-state index < -0.39 is 17.6 Å². The van der Waals surface area contributed by atoms with Gasteiger partial charge >= 0.3 is 6.18 Å². The summed E-state index contributed by atoms with van der Waals surface area (Å²) >= 11 is 5.66. The van der Waals surface area contributed by atoms with Crippen molar-refractivity contribution in [3.8, 4) is 0 Å². The highest BCUT2D eigenvalue weighted by Gasteiger charge is 2.34. The SMILES string of the molecule is Cc1ccccc1N1CCN(CC(=O)Nc2ccc(Cl)cc2C(F)(F)F)CC1. The van der Waals surface area contributed by atoms with E-state index in [1.54, 1.807) is 0 Å². The Kier molecular flexibility index (Phi) is 6.15. The number of piperazine rings is 1. The number of halogens is 4. The number of nitrogens with one attached hydrogen (secondary N) is 1. The number of anilines is 2. The van der Waals surface area contributed by atoms with E-state index in [2.05, 4.69) is 29.3 Å². The molecule has 150 valence electrons. The second-order valence-electron chi connectivity index (χ2n) is 6.79. The molecule has 1 aliphatic rings. The molecule has 8 heteroatoms. The Bertz CT molecular complexity index is 849. The van der Waals surface area contributed by atoms with E-state index >= 15 is 0 Å². The fraction of sp³-hybridized carbons (Fsp3) is 0.350. The molecule has 0 bridgehead atoms. The van der Waals surface area contributed by atoms with Crippen molar-refractivity contribution in [1.29, 1.82) is 0 Å². The molecule has 1 fully saturated rings. The van der Waals surface area contributed by atoms with Crippen LogP contribution < -0.4 is 10.2 Å². The molecular formula is C20H21ClF3N3O. The van der Waals surface area contributed by atoms with Crippen molar-refractivity contribution in [2.24, 2.45) is 0 Å². The zero-order chi connectivity index (χ0) is 20.3. The summed E-state index contributed by atoms with van der Waals surface area (Å²) in [6, 6.07) is 11.4. The molecule has 1 heterocycles. The van der Waals surface area contributed by atoms with Gasteiger partial charge < -0.3 is 10.2 Å². The lowest BCUT2D eigenvalue weighted by molar-refractivity contribution is -0.137. The number of rotatable bonds is 4. The van der Waals surface area contributed by atoms with Gasteiger partial charge in [-0.25, -0.2) is 0 Å². The molecule has 1 aliphatic heterocycles. The van der Waals surface area contributed by atoms with Crippen molar-refractivity contribution in [3.63, 3.8) is 0 Å². The molecule has 0 spiro atoms. The number of carbonyl (C=O) groups excluding carboxylic acids is 1. The van der Waals surface area contributed by atoms with Crippen LogP contribution in [0.2, 0.25) is 5.02 Å². The van der Waals surface area contributed by atoms with Crippen molar-refractivity contribution in [3.05, 3.63) is 58.6 Å². The highest BCUT2D eigenvalue weighted by molar-refractivity contribution is 6.30. The Labute approximate surface area is 166 Å². The summed E-state index contributed by atoms with van der Waals surface area (Å²) in [5.41, 5.74) is 1.14. The monoisotopic (exact) mass is 411 g/mol. The van der Waals surface area contributed by atoms with E-state index in [9.17, 15) is 18.0 Å². The normalized spacial score (nSPS) is 15.5. The van der Waals surface area contributed by atoms with E-state index in [1.165, 1.54) is 23.4 Å². The molecular weight excluding hydrogens is 391 g/mol. The lowest BCUT2D eigenvalue weighted by Gasteiger charge is -2.36. The minimum atomic E-state index is -4.59. The third kappa shape index (κ3) is 4.97. The number of para-hydroxylation sites is 1. The summed E-state index contributed by atoms with van der Waals surface area (Å²) in [7, 11) is 0. The summed E-state index contributed by atoms with van der Waals surface area (Å²) in [6.45, 7) is 4.93. The summed E-state index contributed by atoms with van der Waals surface area (Å²) in [4.78, 5) is 16.5. The first kappa shape index (κ1) is 20.5. The minimum absolute atomic E-state index is 0.0300. The number of benzene rings is 2. The summed E-state index contributed by atoms with van der Waals surface area (Å²) in [6.07, 6.45) is -4.59. The van der Waals surface area contributed by atoms with Crippen LogP contribution >= 0.6 is 11.6 Å². The minimum Gasteiger partial charge on any atom is -0.369 e. The molecule has 1 amide bonds. The summed E-state index contributed by atoms with van der Waals surface area (Å²) in [5, 5.41) is 2.34. The van der Waals surface area contributed by atoms with Crippen LogP contribution in [-0.4, -0.2) is 43.5 Å². The van der Waals surface area contributed by atoms with E-state index in [4.69, 9.17) is 11.6 Å². The Morgan fingerprint density at radius 2 is 1.79 bits per heavy atom. The maximum atomic E-state index is 13.1. The Balaban J connectivity index is 1.58. The molecule has 1 N–H and O–H groups in total. The Morgan fingerprint density at radius 1 is 1.11 bits per heavy atom. The molecule has 0 aliphatic carbocycles. The van der Waals surface area contributed by atoms with Crippen molar-refractivity contribution in [2.45, 2.75) is 13.1 Å². The number of alkyl halides is 3. The molecule has 0 aromatic heterocycles. The number of carbonyl (C=O) groups is 1. The second-order valence-corrected chi connectivity index (χ2v) is 7.22.